The van der Waals surface area contributed by atoms with Crippen molar-refractivity contribution in [2.75, 3.05) is 25.5 Å². The second-order valence-electron chi connectivity index (χ2n) is 9.63. The number of piperidine rings is 1. The molecule has 3 aromatic rings. The number of fused-ring (bicyclic) bond motifs is 3. The number of sulfonamides is 1. The molecule has 0 unspecified atom stereocenters. The summed E-state index contributed by atoms with van der Waals surface area (Å²) >= 11 is 0. The lowest BCUT2D eigenvalue weighted by Gasteiger charge is -2.26. The molecule has 188 valence electrons. The van der Waals surface area contributed by atoms with E-state index in [2.05, 4.69) is 26.0 Å². The number of urea groups is 1. The summed E-state index contributed by atoms with van der Waals surface area (Å²) in [6.07, 6.45) is 6.24. The molecular formula is C26H28N4O5S. The lowest BCUT2D eigenvalue weighted by molar-refractivity contribution is 0.212. The first-order chi connectivity index (χ1) is 17.4. The van der Waals surface area contributed by atoms with Crippen molar-refractivity contribution >= 4 is 21.7 Å². The number of rotatable bonds is 5. The monoisotopic (exact) mass is 508 g/mol. The number of hydrogen-bond donors (Lipinski definition) is 2. The van der Waals surface area contributed by atoms with Gasteiger partial charge in [0.1, 0.15) is 5.76 Å². The Bertz CT molecular complexity index is 1440. The van der Waals surface area contributed by atoms with E-state index in [1.165, 1.54) is 0 Å². The molecule has 5 heterocycles. The van der Waals surface area contributed by atoms with Gasteiger partial charge < -0.3 is 14.5 Å². The minimum absolute atomic E-state index is 0.214. The zero-order chi connectivity index (χ0) is 24.9. The normalized spacial score (nSPS) is 20.4. The Morgan fingerprint density at radius 1 is 1.14 bits per heavy atom. The summed E-state index contributed by atoms with van der Waals surface area (Å²) in [5, 5.41) is 2.62. The molecular weight excluding hydrogens is 480 g/mol. The van der Waals surface area contributed by atoms with E-state index in [1.54, 1.807) is 25.4 Å². The first kappa shape index (κ1) is 23.1. The average molecular weight is 509 g/mol. The number of aromatic nitrogens is 1. The van der Waals surface area contributed by atoms with E-state index in [1.807, 2.05) is 12.1 Å². The van der Waals surface area contributed by atoms with E-state index in [4.69, 9.17) is 9.15 Å². The van der Waals surface area contributed by atoms with E-state index >= 15 is 0 Å². The minimum atomic E-state index is -4.18. The van der Waals surface area contributed by atoms with Crippen molar-refractivity contribution in [2.24, 2.45) is 0 Å². The third-order valence-corrected chi connectivity index (χ3v) is 8.62. The fourth-order valence-electron chi connectivity index (χ4n) is 5.66. The van der Waals surface area contributed by atoms with Crippen molar-refractivity contribution in [1.29, 1.82) is 0 Å². The van der Waals surface area contributed by atoms with E-state index in [9.17, 15) is 13.2 Å². The van der Waals surface area contributed by atoms with Crippen LogP contribution in [-0.2, 0) is 29.4 Å². The van der Waals surface area contributed by atoms with Crippen LogP contribution < -0.4 is 14.8 Å². The number of pyridine rings is 1. The van der Waals surface area contributed by atoms with Gasteiger partial charge in [0.2, 0.25) is 11.0 Å². The first-order valence-electron chi connectivity index (χ1n) is 12.3. The lowest BCUT2D eigenvalue weighted by atomic mass is 9.95. The summed E-state index contributed by atoms with van der Waals surface area (Å²) in [4.78, 5) is 19.5. The molecule has 10 heteroatoms. The molecule has 1 aliphatic carbocycles. The predicted molar refractivity (Wildman–Crippen MR) is 134 cm³/mol. The van der Waals surface area contributed by atoms with Crippen LogP contribution in [0.3, 0.4) is 0 Å². The van der Waals surface area contributed by atoms with E-state index in [0.29, 0.717) is 18.1 Å². The average Bonchev–Trinajstić information content (AvgIpc) is 3.46. The molecule has 2 bridgehead atoms. The van der Waals surface area contributed by atoms with Gasteiger partial charge in [-0.15, -0.1) is 0 Å². The van der Waals surface area contributed by atoms with Crippen molar-refractivity contribution < 1.29 is 22.4 Å². The fraction of sp³-hybridized carbons (Fsp3) is 0.385. The Morgan fingerprint density at radius 3 is 2.78 bits per heavy atom. The molecule has 9 nitrogen and oxygen atoms in total. The Morgan fingerprint density at radius 2 is 1.97 bits per heavy atom. The smallest absolute Gasteiger partial charge is 0.333 e. The maximum absolute atomic E-state index is 13.1. The molecule has 2 N–H and O–H groups in total. The van der Waals surface area contributed by atoms with Crippen LogP contribution in [0.2, 0.25) is 0 Å². The number of aryl methyl sites for hydroxylation is 1. The molecule has 0 spiro atoms. The van der Waals surface area contributed by atoms with Crippen LogP contribution in [0.4, 0.5) is 10.5 Å². The SMILES string of the molecule is COc1cc(-c2ccc3c(c2NC(=O)NS(=O)(=O)c2cc4c(o2)C2CCN(CC2)C4)CCC3)ccn1. The number of nitrogens with zero attached hydrogens (tertiary/aromatic N) is 2. The van der Waals surface area contributed by atoms with Crippen molar-refractivity contribution in [2.45, 2.75) is 49.7 Å². The van der Waals surface area contributed by atoms with E-state index < -0.39 is 16.1 Å². The molecule has 3 aliphatic heterocycles. The zero-order valence-electron chi connectivity index (χ0n) is 20.0. The third-order valence-electron chi connectivity index (χ3n) is 7.44. The molecule has 2 aromatic heterocycles. The van der Waals surface area contributed by atoms with Gasteiger partial charge in [-0.3, -0.25) is 4.90 Å². The van der Waals surface area contributed by atoms with Crippen molar-refractivity contribution in [3.63, 3.8) is 0 Å². The van der Waals surface area contributed by atoms with Crippen LogP contribution in [0, 0.1) is 0 Å². The maximum atomic E-state index is 13.1. The molecule has 1 aromatic carbocycles. The van der Waals surface area contributed by atoms with Crippen LogP contribution in [0.1, 0.15) is 47.6 Å². The molecule has 0 radical (unpaired) electrons. The zero-order valence-corrected chi connectivity index (χ0v) is 20.9. The number of carbonyl (C=O) groups excluding carboxylic acids is 1. The second kappa shape index (κ2) is 8.94. The maximum Gasteiger partial charge on any atom is 0.333 e. The van der Waals surface area contributed by atoms with Gasteiger partial charge in [0.15, 0.2) is 0 Å². The quantitative estimate of drug-likeness (QED) is 0.535. The summed E-state index contributed by atoms with van der Waals surface area (Å²) in [6, 6.07) is 8.36. The van der Waals surface area contributed by atoms with Gasteiger partial charge in [0, 0.05) is 41.9 Å². The van der Waals surface area contributed by atoms with Gasteiger partial charge in [-0.1, -0.05) is 12.1 Å². The third kappa shape index (κ3) is 4.14. The highest BCUT2D eigenvalue weighted by Crippen LogP contribution is 2.39. The predicted octanol–water partition coefficient (Wildman–Crippen LogP) is 4.04. The van der Waals surface area contributed by atoms with Gasteiger partial charge in [-0.25, -0.2) is 14.5 Å². The number of hydrogen-bond acceptors (Lipinski definition) is 7. The van der Waals surface area contributed by atoms with Crippen molar-refractivity contribution in [1.82, 2.24) is 14.6 Å². The molecule has 36 heavy (non-hydrogen) atoms. The molecule has 7 rings (SSSR count). The number of carbonyl (C=O) groups is 1. The lowest BCUT2D eigenvalue weighted by Crippen LogP contribution is -2.34. The summed E-state index contributed by atoms with van der Waals surface area (Å²) in [6.45, 7) is 2.65. The number of methoxy groups -OCH3 is 1. The first-order valence-corrected chi connectivity index (χ1v) is 13.7. The minimum Gasteiger partial charge on any atom is -0.481 e. The Balaban J connectivity index is 1.28. The number of benzene rings is 1. The van der Waals surface area contributed by atoms with Gasteiger partial charge in [-0.05, 0) is 68.0 Å². The standard InChI is InChI=1S/C26H28N4O5S/c1-34-22-13-18(7-10-27-22)21-6-5-16-3-2-4-20(16)24(21)28-26(31)29-36(32,33)23-14-19-15-30-11-8-17(9-12-30)25(19)35-23/h5-7,10,13-14,17H,2-4,8-9,11-12,15H2,1H3,(H2,28,29,31). The van der Waals surface area contributed by atoms with Gasteiger partial charge >= 0.3 is 6.03 Å². The molecule has 1 saturated heterocycles. The highest BCUT2D eigenvalue weighted by Gasteiger charge is 2.34. The number of amides is 2. The molecule has 0 atom stereocenters. The largest absolute Gasteiger partial charge is 0.481 e. The van der Waals surface area contributed by atoms with Gasteiger partial charge in [0.05, 0.1) is 12.8 Å². The summed E-state index contributed by atoms with van der Waals surface area (Å²) in [5.41, 5.74) is 5.26. The molecule has 2 amide bonds. The second-order valence-corrected chi connectivity index (χ2v) is 11.2. The van der Waals surface area contributed by atoms with Crippen LogP contribution >= 0.6 is 0 Å². The van der Waals surface area contributed by atoms with Crippen LogP contribution in [0.5, 0.6) is 5.88 Å². The van der Waals surface area contributed by atoms with Crippen molar-refractivity contribution in [3.8, 4) is 17.0 Å². The molecule has 4 aliphatic rings. The molecule has 0 saturated carbocycles. The van der Waals surface area contributed by atoms with Gasteiger partial charge in [0.25, 0.3) is 10.0 Å². The Labute approximate surface area is 209 Å². The van der Waals surface area contributed by atoms with Crippen LogP contribution in [-0.4, -0.2) is 44.5 Å². The molecule has 1 fully saturated rings. The number of ether oxygens (including phenoxy) is 1. The van der Waals surface area contributed by atoms with Crippen LogP contribution in [0.25, 0.3) is 11.1 Å². The number of furan rings is 1. The summed E-state index contributed by atoms with van der Waals surface area (Å²) in [5.74, 6) is 1.42. The number of nitrogens with one attached hydrogen (secondary N) is 2. The Hall–Kier alpha value is -3.37. The van der Waals surface area contributed by atoms with Crippen LogP contribution in [0.15, 0.2) is 46.0 Å². The Kier molecular flexibility index (Phi) is 5.72. The summed E-state index contributed by atoms with van der Waals surface area (Å²) < 4.78 is 39.5. The summed E-state index contributed by atoms with van der Waals surface area (Å²) in [7, 11) is -2.64. The van der Waals surface area contributed by atoms with E-state index in [-0.39, 0.29) is 11.0 Å². The van der Waals surface area contributed by atoms with Crippen molar-refractivity contribution in [3.05, 3.63) is 59.0 Å². The van der Waals surface area contributed by atoms with E-state index in [0.717, 1.165) is 78.8 Å². The number of anilines is 1. The highest BCUT2D eigenvalue weighted by molar-refractivity contribution is 7.89. The van der Waals surface area contributed by atoms with Gasteiger partial charge in [-0.2, -0.15) is 8.42 Å². The fourth-order valence-corrected chi connectivity index (χ4v) is 6.55. The topological polar surface area (TPSA) is 114 Å². The highest BCUT2D eigenvalue weighted by atomic mass is 32.2.